The lowest BCUT2D eigenvalue weighted by Crippen LogP contribution is -2.53. The van der Waals surface area contributed by atoms with Crippen LogP contribution in [0.15, 0.2) is 23.5 Å². The third-order valence-electron chi connectivity index (χ3n) is 5.31. The molecule has 1 aliphatic heterocycles. The Kier molecular flexibility index (Phi) is 7.24. The minimum absolute atomic E-state index is 0.176. The van der Waals surface area contributed by atoms with Crippen molar-refractivity contribution < 1.29 is 4.79 Å². The second-order valence-corrected chi connectivity index (χ2v) is 7.20. The highest BCUT2D eigenvalue weighted by Crippen LogP contribution is 2.27. The van der Waals surface area contributed by atoms with Gasteiger partial charge in [-0.3, -0.25) is 9.79 Å². The monoisotopic (exact) mass is 373 g/mol. The molecule has 8 nitrogen and oxygen atoms in total. The maximum Gasteiger partial charge on any atom is 0.225 e. The lowest BCUT2D eigenvalue weighted by molar-refractivity contribution is -0.121. The summed E-state index contributed by atoms with van der Waals surface area (Å²) in [5.41, 5.74) is 0. The van der Waals surface area contributed by atoms with Gasteiger partial charge in [-0.2, -0.15) is 0 Å². The number of hydrogen-bond acceptors (Lipinski definition) is 5. The van der Waals surface area contributed by atoms with Gasteiger partial charge in [-0.05, 0) is 24.8 Å². The molecule has 0 unspecified atom stereocenters. The molecule has 1 aromatic heterocycles. The second-order valence-electron chi connectivity index (χ2n) is 7.20. The molecule has 0 spiro atoms. The number of rotatable bonds is 6. The van der Waals surface area contributed by atoms with E-state index in [1.807, 2.05) is 6.07 Å². The van der Waals surface area contributed by atoms with Gasteiger partial charge in [0.15, 0.2) is 5.96 Å². The van der Waals surface area contributed by atoms with Crippen molar-refractivity contribution in [2.75, 3.05) is 51.2 Å². The third kappa shape index (κ3) is 5.80. The van der Waals surface area contributed by atoms with Crippen molar-refractivity contribution in [3.8, 4) is 0 Å². The normalized spacial score (nSPS) is 18.6. The lowest BCUT2D eigenvalue weighted by Gasteiger charge is -2.36. The van der Waals surface area contributed by atoms with E-state index in [0.29, 0.717) is 25.4 Å². The number of aromatic nitrogens is 2. The Morgan fingerprint density at radius 3 is 2.44 bits per heavy atom. The summed E-state index contributed by atoms with van der Waals surface area (Å²) in [7, 11) is 1.80. The van der Waals surface area contributed by atoms with Crippen molar-refractivity contribution in [1.82, 2.24) is 25.5 Å². The Hall–Kier alpha value is -2.38. The number of carbonyl (C=O) groups excluding carboxylic acids is 1. The summed E-state index contributed by atoms with van der Waals surface area (Å²) in [6, 6.07) is 1.83. The average molecular weight is 374 g/mol. The topological polar surface area (TPSA) is 85.8 Å². The molecule has 0 bridgehead atoms. The van der Waals surface area contributed by atoms with Crippen LogP contribution in [0.3, 0.4) is 0 Å². The summed E-state index contributed by atoms with van der Waals surface area (Å²) >= 11 is 0. The molecule has 3 rings (SSSR count). The first kappa shape index (κ1) is 19.4. The highest BCUT2D eigenvalue weighted by molar-refractivity contribution is 5.80. The average Bonchev–Trinajstić information content (AvgIpc) is 3.22. The van der Waals surface area contributed by atoms with Crippen LogP contribution in [0.2, 0.25) is 0 Å². The molecule has 1 aliphatic carbocycles. The Morgan fingerprint density at radius 1 is 1.11 bits per heavy atom. The van der Waals surface area contributed by atoms with E-state index in [4.69, 9.17) is 0 Å². The maximum absolute atomic E-state index is 12.0. The molecule has 0 radical (unpaired) electrons. The van der Waals surface area contributed by atoms with Crippen molar-refractivity contribution in [1.29, 1.82) is 0 Å². The Morgan fingerprint density at radius 2 is 1.78 bits per heavy atom. The molecule has 0 atom stereocenters. The highest BCUT2D eigenvalue weighted by atomic mass is 16.1. The van der Waals surface area contributed by atoms with Gasteiger partial charge in [-0.1, -0.05) is 12.8 Å². The largest absolute Gasteiger partial charge is 0.354 e. The molecule has 2 N–H and O–H groups in total. The number of nitrogens with one attached hydrogen (secondary N) is 2. The zero-order valence-electron chi connectivity index (χ0n) is 16.2. The van der Waals surface area contributed by atoms with Gasteiger partial charge in [-0.25, -0.2) is 9.97 Å². The standard InChI is InChI=1S/C19H31N7O/c1-20-18(24-10-9-21-17(27)15-16-5-2-3-6-16)25-11-13-26(14-12-25)19-22-7-4-8-23-19/h4,7-8,16H,2-3,5-6,9-15H2,1H3,(H,20,24)(H,21,27). The number of anilines is 1. The minimum Gasteiger partial charge on any atom is -0.354 e. The zero-order chi connectivity index (χ0) is 18.9. The van der Waals surface area contributed by atoms with E-state index in [0.717, 1.165) is 38.1 Å². The number of guanidine groups is 1. The van der Waals surface area contributed by atoms with Crippen LogP contribution in [-0.4, -0.2) is 73.1 Å². The van der Waals surface area contributed by atoms with Crippen LogP contribution >= 0.6 is 0 Å². The number of carbonyl (C=O) groups is 1. The van der Waals surface area contributed by atoms with Gasteiger partial charge in [-0.15, -0.1) is 0 Å². The van der Waals surface area contributed by atoms with Crippen LogP contribution in [-0.2, 0) is 4.79 Å². The van der Waals surface area contributed by atoms with Gasteiger partial charge in [0.2, 0.25) is 11.9 Å². The number of piperazine rings is 1. The van der Waals surface area contributed by atoms with Gasteiger partial charge < -0.3 is 20.4 Å². The molecule has 1 amide bonds. The first-order valence-electron chi connectivity index (χ1n) is 10.0. The quantitative estimate of drug-likeness (QED) is 0.437. The number of amides is 1. The van der Waals surface area contributed by atoms with Crippen LogP contribution in [0, 0.1) is 5.92 Å². The molecule has 2 fully saturated rings. The minimum atomic E-state index is 0.176. The fourth-order valence-corrected chi connectivity index (χ4v) is 3.83. The van der Waals surface area contributed by atoms with Crippen molar-refractivity contribution in [3.63, 3.8) is 0 Å². The van der Waals surface area contributed by atoms with E-state index in [-0.39, 0.29) is 5.91 Å². The van der Waals surface area contributed by atoms with E-state index < -0.39 is 0 Å². The first-order chi connectivity index (χ1) is 13.3. The molecule has 1 saturated heterocycles. The first-order valence-corrected chi connectivity index (χ1v) is 10.0. The zero-order valence-corrected chi connectivity index (χ0v) is 16.2. The maximum atomic E-state index is 12.0. The SMILES string of the molecule is CN=C(NCCNC(=O)CC1CCCC1)N1CCN(c2ncccn2)CC1. The van der Waals surface area contributed by atoms with Gasteiger partial charge >= 0.3 is 0 Å². The lowest BCUT2D eigenvalue weighted by atomic mass is 10.0. The Labute approximate surface area is 161 Å². The molecule has 1 saturated carbocycles. The van der Waals surface area contributed by atoms with Crippen LogP contribution in [0.25, 0.3) is 0 Å². The van der Waals surface area contributed by atoms with Crippen LogP contribution in [0.5, 0.6) is 0 Å². The molecule has 27 heavy (non-hydrogen) atoms. The van der Waals surface area contributed by atoms with Gasteiger partial charge in [0.25, 0.3) is 0 Å². The third-order valence-corrected chi connectivity index (χ3v) is 5.31. The Balaban J connectivity index is 1.34. The number of hydrogen-bond donors (Lipinski definition) is 2. The van der Waals surface area contributed by atoms with E-state index in [9.17, 15) is 4.79 Å². The smallest absolute Gasteiger partial charge is 0.225 e. The van der Waals surface area contributed by atoms with Crippen molar-refractivity contribution in [2.24, 2.45) is 10.9 Å². The molecular formula is C19H31N7O. The molecular weight excluding hydrogens is 342 g/mol. The Bertz CT molecular complexity index is 608. The molecule has 0 aromatic carbocycles. The predicted molar refractivity (Wildman–Crippen MR) is 107 cm³/mol. The van der Waals surface area contributed by atoms with Crippen molar-refractivity contribution in [2.45, 2.75) is 32.1 Å². The predicted octanol–water partition coefficient (Wildman–Crippen LogP) is 0.871. The molecule has 2 heterocycles. The van der Waals surface area contributed by atoms with Gasteiger partial charge in [0.1, 0.15) is 0 Å². The summed E-state index contributed by atoms with van der Waals surface area (Å²) in [6.45, 7) is 4.77. The van der Waals surface area contributed by atoms with Crippen LogP contribution < -0.4 is 15.5 Å². The summed E-state index contributed by atoms with van der Waals surface area (Å²) in [5, 5.41) is 6.37. The highest BCUT2D eigenvalue weighted by Gasteiger charge is 2.21. The fourth-order valence-electron chi connectivity index (χ4n) is 3.83. The van der Waals surface area contributed by atoms with Crippen LogP contribution in [0.4, 0.5) is 5.95 Å². The fraction of sp³-hybridized carbons (Fsp3) is 0.684. The molecule has 1 aromatic rings. The second kappa shape index (κ2) is 10.1. The van der Waals surface area contributed by atoms with E-state index >= 15 is 0 Å². The summed E-state index contributed by atoms with van der Waals surface area (Å²) < 4.78 is 0. The summed E-state index contributed by atoms with van der Waals surface area (Å²) in [5.74, 6) is 2.43. The van der Waals surface area contributed by atoms with E-state index in [2.05, 4.69) is 35.4 Å². The molecule has 8 heteroatoms. The number of aliphatic imine (C=N–C) groups is 1. The summed E-state index contributed by atoms with van der Waals surface area (Å²) in [6.07, 6.45) is 9.19. The molecule has 2 aliphatic rings. The van der Waals surface area contributed by atoms with Crippen LogP contribution in [0.1, 0.15) is 32.1 Å². The van der Waals surface area contributed by atoms with E-state index in [1.54, 1.807) is 19.4 Å². The van der Waals surface area contributed by atoms with Crippen molar-refractivity contribution >= 4 is 17.8 Å². The van der Waals surface area contributed by atoms with Gasteiger partial charge in [0.05, 0.1) is 0 Å². The summed E-state index contributed by atoms with van der Waals surface area (Å²) in [4.78, 5) is 29.4. The van der Waals surface area contributed by atoms with E-state index in [1.165, 1.54) is 25.7 Å². The van der Waals surface area contributed by atoms with Crippen molar-refractivity contribution in [3.05, 3.63) is 18.5 Å². The molecule has 148 valence electrons. The van der Waals surface area contributed by atoms with Gasteiger partial charge in [0, 0.05) is 65.1 Å². The number of nitrogens with zero attached hydrogens (tertiary/aromatic N) is 5.